The van der Waals surface area contributed by atoms with Gasteiger partial charge in [-0.25, -0.2) is 0 Å². The number of carbonyl (C=O) groups excluding carboxylic acids is 1. The minimum atomic E-state index is -0.0266. The molecule has 1 aliphatic rings. The van der Waals surface area contributed by atoms with Crippen LogP contribution in [0.2, 0.25) is 0 Å². The highest BCUT2D eigenvalue weighted by Crippen LogP contribution is 2.25. The Balaban J connectivity index is 1.39. The minimum absolute atomic E-state index is 0.0266. The van der Waals surface area contributed by atoms with Crippen molar-refractivity contribution in [3.05, 3.63) is 132 Å². The molecule has 1 fully saturated rings. The molecule has 1 amide bonds. The number of rotatable bonds is 12. The molecule has 4 aromatic carbocycles. The molecule has 0 spiro atoms. The van der Waals surface area contributed by atoms with E-state index in [2.05, 4.69) is 114 Å². The summed E-state index contributed by atoms with van der Waals surface area (Å²) in [6, 6.07) is 40.8. The Labute approximate surface area is 238 Å². The van der Waals surface area contributed by atoms with Crippen LogP contribution in [0.4, 0.5) is 0 Å². The highest BCUT2D eigenvalue weighted by molar-refractivity contribution is 5.76. The molecule has 206 valence electrons. The maximum atomic E-state index is 13.3. The lowest BCUT2D eigenvalue weighted by atomic mass is 9.96. The number of likely N-dealkylation sites (tertiary alicyclic amines) is 1. The van der Waals surface area contributed by atoms with Crippen molar-refractivity contribution in [3.8, 4) is 11.1 Å². The first kappa shape index (κ1) is 27.8. The van der Waals surface area contributed by atoms with Gasteiger partial charge in [-0.15, -0.1) is 0 Å². The van der Waals surface area contributed by atoms with Gasteiger partial charge in [0.05, 0.1) is 12.6 Å². The molecule has 40 heavy (non-hydrogen) atoms. The second-order valence-electron chi connectivity index (χ2n) is 10.9. The summed E-state index contributed by atoms with van der Waals surface area (Å²) < 4.78 is 0. The van der Waals surface area contributed by atoms with Crippen LogP contribution in [0.25, 0.3) is 11.1 Å². The van der Waals surface area contributed by atoms with Gasteiger partial charge in [0.15, 0.2) is 0 Å². The van der Waals surface area contributed by atoms with Crippen LogP contribution in [0, 0.1) is 0 Å². The van der Waals surface area contributed by atoms with E-state index < -0.39 is 0 Å². The van der Waals surface area contributed by atoms with E-state index in [9.17, 15) is 9.90 Å². The molecule has 0 radical (unpaired) electrons. The smallest absolute Gasteiger partial charge is 0.222 e. The molecule has 0 aromatic heterocycles. The summed E-state index contributed by atoms with van der Waals surface area (Å²) in [5.41, 5.74) is 6.25. The number of amides is 1. The lowest BCUT2D eigenvalue weighted by Gasteiger charge is -2.33. The van der Waals surface area contributed by atoms with Gasteiger partial charge in [-0.1, -0.05) is 115 Å². The summed E-state index contributed by atoms with van der Waals surface area (Å²) in [6.07, 6.45) is 4.00. The van der Waals surface area contributed by atoms with Crippen molar-refractivity contribution in [2.75, 3.05) is 13.2 Å². The first-order valence-electron chi connectivity index (χ1n) is 14.6. The van der Waals surface area contributed by atoms with Crippen LogP contribution in [0.15, 0.2) is 115 Å². The van der Waals surface area contributed by atoms with Gasteiger partial charge < -0.3 is 10.0 Å². The molecule has 0 aliphatic carbocycles. The van der Waals surface area contributed by atoms with Crippen molar-refractivity contribution >= 4 is 5.91 Å². The molecule has 0 saturated carbocycles. The van der Waals surface area contributed by atoms with Crippen LogP contribution < -0.4 is 0 Å². The summed E-state index contributed by atoms with van der Waals surface area (Å²) in [5, 5.41) is 9.78. The maximum Gasteiger partial charge on any atom is 0.222 e. The lowest BCUT2D eigenvalue weighted by molar-refractivity contribution is -0.133. The van der Waals surface area contributed by atoms with Crippen LogP contribution in [-0.2, 0) is 24.3 Å². The standard InChI is InChI=1S/C36H40N2O2/c39-28-35-17-10-24-38(35)36(40)23-22-34(25-29-18-20-33(21-19-29)32-15-8-3-9-16-32)37(26-30-11-4-1-5-12-30)27-31-13-6-2-7-14-31/h1-9,11-16,18-21,34-35,39H,10,17,22-28H2. The fourth-order valence-electron chi connectivity index (χ4n) is 5.89. The quantitative estimate of drug-likeness (QED) is 0.220. The molecule has 1 saturated heterocycles. The van der Waals surface area contributed by atoms with Crippen LogP contribution in [0.1, 0.15) is 42.4 Å². The Morgan fingerprint density at radius 3 is 1.88 bits per heavy atom. The number of hydrogen-bond donors (Lipinski definition) is 1. The number of aliphatic hydroxyl groups is 1. The van der Waals surface area contributed by atoms with E-state index in [4.69, 9.17) is 0 Å². The first-order chi connectivity index (χ1) is 19.7. The number of aliphatic hydroxyl groups excluding tert-OH is 1. The highest BCUT2D eigenvalue weighted by atomic mass is 16.3. The Kier molecular flexibility index (Phi) is 9.78. The zero-order chi connectivity index (χ0) is 27.6. The number of benzene rings is 4. The van der Waals surface area contributed by atoms with Gasteiger partial charge in [-0.2, -0.15) is 0 Å². The Morgan fingerprint density at radius 2 is 1.30 bits per heavy atom. The second-order valence-corrected chi connectivity index (χ2v) is 10.9. The van der Waals surface area contributed by atoms with Crippen LogP contribution >= 0.6 is 0 Å². The van der Waals surface area contributed by atoms with Gasteiger partial charge in [-0.3, -0.25) is 9.69 Å². The molecule has 5 rings (SSSR count). The molecule has 4 aromatic rings. The van der Waals surface area contributed by atoms with Crippen LogP contribution in [0.3, 0.4) is 0 Å². The Bertz CT molecular complexity index is 1270. The van der Waals surface area contributed by atoms with Crippen molar-refractivity contribution in [2.24, 2.45) is 0 Å². The topological polar surface area (TPSA) is 43.8 Å². The highest BCUT2D eigenvalue weighted by Gasteiger charge is 2.29. The van der Waals surface area contributed by atoms with Gasteiger partial charge in [0.25, 0.3) is 0 Å². The molecule has 2 unspecified atom stereocenters. The van der Waals surface area contributed by atoms with E-state index in [0.717, 1.165) is 45.3 Å². The third-order valence-electron chi connectivity index (χ3n) is 8.11. The van der Waals surface area contributed by atoms with Crippen LogP contribution in [0.5, 0.6) is 0 Å². The maximum absolute atomic E-state index is 13.3. The molecule has 1 aliphatic heterocycles. The fraction of sp³-hybridized carbons (Fsp3) is 0.306. The Hall–Kier alpha value is -3.73. The number of carbonyl (C=O) groups is 1. The van der Waals surface area contributed by atoms with Crippen molar-refractivity contribution in [3.63, 3.8) is 0 Å². The van der Waals surface area contributed by atoms with Crippen molar-refractivity contribution in [1.82, 2.24) is 9.80 Å². The first-order valence-corrected chi connectivity index (χ1v) is 14.6. The van der Waals surface area contributed by atoms with Gasteiger partial charge in [-0.05, 0) is 53.5 Å². The number of nitrogens with zero attached hydrogens (tertiary/aromatic N) is 2. The minimum Gasteiger partial charge on any atom is -0.394 e. The summed E-state index contributed by atoms with van der Waals surface area (Å²) in [5.74, 6) is 0.167. The molecular weight excluding hydrogens is 492 g/mol. The molecule has 4 heteroatoms. The molecular formula is C36H40N2O2. The zero-order valence-electron chi connectivity index (χ0n) is 23.2. The largest absolute Gasteiger partial charge is 0.394 e. The van der Waals surface area contributed by atoms with Gasteiger partial charge in [0, 0.05) is 32.1 Å². The third kappa shape index (κ3) is 7.47. The monoisotopic (exact) mass is 532 g/mol. The SMILES string of the molecule is O=C(CCC(Cc1ccc(-c2ccccc2)cc1)N(Cc1ccccc1)Cc1ccccc1)N1CCCC1CO. The molecule has 4 nitrogen and oxygen atoms in total. The van der Waals surface area contributed by atoms with Crippen molar-refractivity contribution in [1.29, 1.82) is 0 Å². The predicted molar refractivity (Wildman–Crippen MR) is 163 cm³/mol. The Morgan fingerprint density at radius 1 is 0.750 bits per heavy atom. The molecule has 0 bridgehead atoms. The summed E-state index contributed by atoms with van der Waals surface area (Å²) in [6.45, 7) is 2.45. The summed E-state index contributed by atoms with van der Waals surface area (Å²) >= 11 is 0. The summed E-state index contributed by atoms with van der Waals surface area (Å²) in [4.78, 5) is 17.8. The number of hydrogen-bond acceptors (Lipinski definition) is 3. The fourth-order valence-corrected chi connectivity index (χ4v) is 5.89. The van der Waals surface area contributed by atoms with E-state index in [0.29, 0.717) is 6.42 Å². The van der Waals surface area contributed by atoms with E-state index in [1.807, 2.05) is 11.0 Å². The molecule has 1 N–H and O–H groups in total. The van der Waals surface area contributed by atoms with Crippen LogP contribution in [-0.4, -0.2) is 46.0 Å². The third-order valence-corrected chi connectivity index (χ3v) is 8.11. The van der Waals surface area contributed by atoms with Crippen molar-refractivity contribution < 1.29 is 9.90 Å². The van der Waals surface area contributed by atoms with E-state index in [-0.39, 0.29) is 24.6 Å². The average Bonchev–Trinajstić information content (AvgIpc) is 3.50. The van der Waals surface area contributed by atoms with E-state index in [1.165, 1.54) is 27.8 Å². The van der Waals surface area contributed by atoms with E-state index in [1.54, 1.807) is 0 Å². The van der Waals surface area contributed by atoms with Gasteiger partial charge >= 0.3 is 0 Å². The van der Waals surface area contributed by atoms with Crippen molar-refractivity contribution in [2.45, 2.75) is 57.3 Å². The summed E-state index contributed by atoms with van der Waals surface area (Å²) in [7, 11) is 0. The van der Waals surface area contributed by atoms with Gasteiger partial charge in [0.1, 0.15) is 0 Å². The lowest BCUT2D eigenvalue weighted by Crippen LogP contribution is -2.40. The normalized spacial score (nSPS) is 15.8. The zero-order valence-corrected chi connectivity index (χ0v) is 23.2. The second kappa shape index (κ2) is 14.1. The van der Waals surface area contributed by atoms with Gasteiger partial charge in [0.2, 0.25) is 5.91 Å². The average molecular weight is 533 g/mol. The van der Waals surface area contributed by atoms with E-state index >= 15 is 0 Å². The molecule has 1 heterocycles. The predicted octanol–water partition coefficient (Wildman–Crippen LogP) is 6.73. The molecule has 2 atom stereocenters.